The average Bonchev–Trinajstić information content (AvgIpc) is 2.56. The molecule has 0 aliphatic rings. The van der Waals surface area contributed by atoms with E-state index in [2.05, 4.69) is 5.32 Å². The molecule has 0 heterocycles. The summed E-state index contributed by atoms with van der Waals surface area (Å²) in [6.45, 7) is -0.408. The smallest absolute Gasteiger partial charge is 0.239 e. The van der Waals surface area contributed by atoms with Gasteiger partial charge in [0.15, 0.2) is 0 Å². The Kier molecular flexibility index (Phi) is 6.30. The molecule has 0 radical (unpaired) electrons. The Bertz CT molecular complexity index is 886. The minimum atomic E-state index is -3.76. The van der Waals surface area contributed by atoms with Crippen LogP contribution in [0.25, 0.3) is 6.08 Å². The molecule has 2 aromatic carbocycles. The molecular formula is C17H16ClFN2O3S. The maximum absolute atomic E-state index is 13.0. The van der Waals surface area contributed by atoms with Crippen LogP contribution in [0, 0.1) is 5.82 Å². The van der Waals surface area contributed by atoms with Crippen LogP contribution < -0.4 is 5.32 Å². The van der Waals surface area contributed by atoms with Gasteiger partial charge in [0.05, 0.1) is 17.3 Å². The van der Waals surface area contributed by atoms with E-state index >= 15 is 0 Å². The zero-order chi connectivity index (χ0) is 18.4. The lowest BCUT2D eigenvalue weighted by Crippen LogP contribution is -2.33. The molecule has 8 heteroatoms. The van der Waals surface area contributed by atoms with Crippen molar-refractivity contribution in [1.29, 1.82) is 0 Å². The summed E-state index contributed by atoms with van der Waals surface area (Å²) in [7, 11) is -2.48. The lowest BCUT2D eigenvalue weighted by molar-refractivity contribution is -0.116. The first kappa shape index (κ1) is 19.1. The third-order valence-corrected chi connectivity index (χ3v) is 5.03. The highest BCUT2D eigenvalue weighted by atomic mass is 35.5. The zero-order valence-corrected chi connectivity index (χ0v) is 14.9. The molecular weight excluding hydrogens is 367 g/mol. The summed E-state index contributed by atoms with van der Waals surface area (Å²) in [6.07, 6.45) is 1.45. The van der Waals surface area contributed by atoms with Crippen LogP contribution in [0.2, 0.25) is 5.02 Å². The van der Waals surface area contributed by atoms with E-state index in [1.54, 1.807) is 24.3 Å². The molecule has 0 aliphatic carbocycles. The van der Waals surface area contributed by atoms with Gasteiger partial charge in [0.2, 0.25) is 15.9 Å². The summed E-state index contributed by atoms with van der Waals surface area (Å²) < 4.78 is 38.3. The molecule has 0 unspecified atom stereocenters. The van der Waals surface area contributed by atoms with Crippen molar-refractivity contribution < 1.29 is 17.6 Å². The number of sulfonamides is 1. The Morgan fingerprint density at radius 1 is 1.24 bits per heavy atom. The normalized spacial score (nSPS) is 11.8. The van der Waals surface area contributed by atoms with Crippen molar-refractivity contribution in [1.82, 2.24) is 4.31 Å². The van der Waals surface area contributed by atoms with Gasteiger partial charge in [-0.25, -0.2) is 12.8 Å². The van der Waals surface area contributed by atoms with E-state index in [1.807, 2.05) is 6.07 Å². The molecule has 0 atom stereocenters. The molecule has 25 heavy (non-hydrogen) atoms. The first-order valence-corrected chi connectivity index (χ1v) is 9.10. The summed E-state index contributed by atoms with van der Waals surface area (Å²) in [4.78, 5) is 12.0. The van der Waals surface area contributed by atoms with Gasteiger partial charge in [-0.1, -0.05) is 41.9 Å². The molecule has 0 spiro atoms. The van der Waals surface area contributed by atoms with Crippen molar-refractivity contribution in [3.05, 3.63) is 70.3 Å². The number of hydrogen-bond acceptors (Lipinski definition) is 3. The van der Waals surface area contributed by atoms with E-state index in [9.17, 15) is 17.6 Å². The van der Waals surface area contributed by atoms with Gasteiger partial charge in [-0.2, -0.15) is 4.31 Å². The number of anilines is 1. The molecule has 0 saturated heterocycles. The molecule has 0 aliphatic heterocycles. The van der Waals surface area contributed by atoms with E-state index in [4.69, 9.17) is 11.6 Å². The summed E-state index contributed by atoms with van der Waals surface area (Å²) in [6, 6.07) is 12.4. The van der Waals surface area contributed by atoms with Gasteiger partial charge in [0.1, 0.15) is 5.82 Å². The van der Waals surface area contributed by atoms with Gasteiger partial charge in [-0.3, -0.25) is 4.79 Å². The van der Waals surface area contributed by atoms with Gasteiger partial charge in [-0.15, -0.1) is 0 Å². The first-order valence-electron chi connectivity index (χ1n) is 7.22. The van der Waals surface area contributed by atoms with Gasteiger partial charge < -0.3 is 5.32 Å². The Hall–Kier alpha value is -2.22. The fourth-order valence-electron chi connectivity index (χ4n) is 1.91. The molecule has 1 N–H and O–H groups in total. The molecule has 0 fully saturated rings. The topological polar surface area (TPSA) is 66.5 Å². The van der Waals surface area contributed by atoms with Crippen molar-refractivity contribution in [2.75, 3.05) is 18.9 Å². The zero-order valence-electron chi connectivity index (χ0n) is 13.3. The molecule has 5 nitrogen and oxygen atoms in total. The molecule has 0 aromatic heterocycles. The Morgan fingerprint density at radius 3 is 2.56 bits per heavy atom. The number of halogens is 2. The summed E-state index contributed by atoms with van der Waals surface area (Å²) >= 11 is 5.82. The van der Waals surface area contributed by atoms with E-state index < -0.39 is 28.3 Å². The fraction of sp³-hybridized carbons (Fsp3) is 0.118. The lowest BCUT2D eigenvalue weighted by Gasteiger charge is -2.15. The van der Waals surface area contributed by atoms with Crippen LogP contribution in [0.5, 0.6) is 0 Å². The largest absolute Gasteiger partial charge is 0.324 e. The van der Waals surface area contributed by atoms with Crippen molar-refractivity contribution >= 4 is 39.3 Å². The number of hydrogen-bond donors (Lipinski definition) is 1. The highest BCUT2D eigenvalue weighted by Crippen LogP contribution is 2.22. The van der Waals surface area contributed by atoms with Crippen LogP contribution in [-0.2, 0) is 14.8 Å². The van der Waals surface area contributed by atoms with Crippen LogP contribution in [0.4, 0.5) is 10.1 Å². The fourth-order valence-corrected chi connectivity index (χ4v) is 2.95. The predicted octanol–water partition coefficient (Wildman–Crippen LogP) is 3.35. The van der Waals surface area contributed by atoms with Crippen LogP contribution in [-0.4, -0.2) is 32.2 Å². The number of nitrogens with one attached hydrogen (secondary N) is 1. The number of amides is 1. The molecule has 2 rings (SSSR count). The Labute approximate surface area is 150 Å². The average molecular weight is 383 g/mol. The number of nitrogens with zero attached hydrogens (tertiary/aromatic N) is 1. The molecule has 1 amide bonds. The minimum absolute atomic E-state index is 0.0304. The molecule has 132 valence electrons. The summed E-state index contributed by atoms with van der Waals surface area (Å²) in [5.74, 6) is -1.12. The second kappa shape index (κ2) is 8.24. The van der Waals surface area contributed by atoms with Crippen molar-refractivity contribution in [3.8, 4) is 0 Å². The minimum Gasteiger partial charge on any atom is -0.324 e. The van der Waals surface area contributed by atoms with E-state index in [-0.39, 0.29) is 10.7 Å². The quantitative estimate of drug-likeness (QED) is 0.833. The molecule has 2 aromatic rings. The monoisotopic (exact) mass is 382 g/mol. The summed E-state index contributed by atoms with van der Waals surface area (Å²) in [5, 5.41) is 3.51. The van der Waals surface area contributed by atoms with E-state index in [1.165, 1.54) is 19.2 Å². The number of rotatable bonds is 6. The Morgan fingerprint density at radius 2 is 1.92 bits per heavy atom. The highest BCUT2D eigenvalue weighted by Gasteiger charge is 2.18. The number of carbonyl (C=O) groups is 1. The second-order valence-corrected chi connectivity index (χ2v) is 7.52. The standard InChI is InChI=1S/C17H16ClFN2O3S/c1-21(25(23,24)10-9-13-5-3-2-4-6-13)12-17(22)20-16-8-7-14(19)11-15(16)18/h2-11H,12H2,1H3,(H,20,22)/b10-9+. The van der Waals surface area contributed by atoms with Crippen molar-refractivity contribution in [2.24, 2.45) is 0 Å². The maximum atomic E-state index is 13.0. The van der Waals surface area contributed by atoms with Crippen molar-refractivity contribution in [2.45, 2.75) is 0 Å². The number of carbonyl (C=O) groups excluding carboxylic acids is 1. The maximum Gasteiger partial charge on any atom is 0.239 e. The SMILES string of the molecule is CN(CC(=O)Nc1ccc(F)cc1Cl)S(=O)(=O)/C=C/c1ccccc1. The predicted molar refractivity (Wildman–Crippen MR) is 97.1 cm³/mol. The van der Waals surface area contributed by atoms with Crippen LogP contribution >= 0.6 is 11.6 Å². The van der Waals surface area contributed by atoms with Crippen molar-refractivity contribution in [3.63, 3.8) is 0 Å². The van der Waals surface area contributed by atoms with E-state index in [0.717, 1.165) is 27.4 Å². The lowest BCUT2D eigenvalue weighted by atomic mass is 10.2. The van der Waals surface area contributed by atoms with Gasteiger partial charge in [-0.05, 0) is 29.8 Å². The third-order valence-electron chi connectivity index (χ3n) is 3.24. The van der Waals surface area contributed by atoms with E-state index in [0.29, 0.717) is 0 Å². The van der Waals surface area contributed by atoms with Gasteiger partial charge in [0, 0.05) is 12.5 Å². The second-order valence-electron chi connectivity index (χ2n) is 5.19. The number of likely N-dealkylation sites (N-methyl/N-ethyl adjacent to an activating group) is 1. The van der Waals surface area contributed by atoms with Gasteiger partial charge in [0.25, 0.3) is 0 Å². The number of benzene rings is 2. The third kappa shape index (κ3) is 5.67. The van der Waals surface area contributed by atoms with Crippen LogP contribution in [0.3, 0.4) is 0 Å². The van der Waals surface area contributed by atoms with Crippen LogP contribution in [0.15, 0.2) is 53.9 Å². The Balaban J connectivity index is 2.01. The highest BCUT2D eigenvalue weighted by molar-refractivity contribution is 7.92. The summed E-state index contributed by atoms with van der Waals surface area (Å²) in [5.41, 5.74) is 0.931. The van der Waals surface area contributed by atoms with Crippen LogP contribution in [0.1, 0.15) is 5.56 Å². The molecule has 0 bridgehead atoms. The first-order chi connectivity index (χ1) is 11.8. The van der Waals surface area contributed by atoms with Gasteiger partial charge >= 0.3 is 0 Å². The molecule has 0 saturated carbocycles.